The minimum Gasteiger partial charge on any atom is -0.332 e. The molecule has 2 fully saturated rings. The molecule has 0 aromatic heterocycles. The molecule has 192 valence electrons. The third kappa shape index (κ3) is 4.04. The van der Waals surface area contributed by atoms with Gasteiger partial charge in [-0.15, -0.1) is 0 Å². The molecular formula is C23H31F3N6O2S. The van der Waals surface area contributed by atoms with Crippen molar-refractivity contribution in [2.45, 2.75) is 62.1 Å². The third-order valence-corrected chi connectivity index (χ3v) is 9.15. The van der Waals surface area contributed by atoms with E-state index in [9.17, 15) is 21.6 Å². The minimum absolute atomic E-state index is 0.119. The topological polar surface area (TPSA) is 103 Å². The highest BCUT2D eigenvalue weighted by Crippen LogP contribution is 2.54. The molecule has 3 unspecified atom stereocenters. The van der Waals surface area contributed by atoms with Gasteiger partial charge >= 0.3 is 6.18 Å². The number of guanidine groups is 1. The second-order valence-corrected chi connectivity index (χ2v) is 12.1. The molecule has 1 aromatic rings. The van der Waals surface area contributed by atoms with Gasteiger partial charge in [-0.1, -0.05) is 12.5 Å². The van der Waals surface area contributed by atoms with Gasteiger partial charge in [0.05, 0.1) is 23.9 Å². The lowest BCUT2D eigenvalue weighted by Gasteiger charge is -2.42. The molecule has 3 aliphatic heterocycles. The summed E-state index contributed by atoms with van der Waals surface area (Å²) in [6.45, 7) is 0. The van der Waals surface area contributed by atoms with Crippen LogP contribution >= 0.6 is 0 Å². The van der Waals surface area contributed by atoms with Gasteiger partial charge in [0.15, 0.2) is 0 Å². The number of fused-ring (bicyclic) bond motifs is 5. The Morgan fingerprint density at radius 3 is 2.49 bits per heavy atom. The summed E-state index contributed by atoms with van der Waals surface area (Å²) in [5, 5.41) is 5.72. The fourth-order valence-electron chi connectivity index (χ4n) is 6.48. The quantitative estimate of drug-likeness (QED) is 0.573. The van der Waals surface area contributed by atoms with Gasteiger partial charge in [-0.05, 0) is 63.0 Å². The van der Waals surface area contributed by atoms with Crippen LogP contribution in [0, 0.1) is 5.92 Å². The van der Waals surface area contributed by atoms with E-state index >= 15 is 0 Å². The van der Waals surface area contributed by atoms with Crippen LogP contribution in [0.4, 0.5) is 18.9 Å². The van der Waals surface area contributed by atoms with Gasteiger partial charge in [-0.2, -0.15) is 17.5 Å². The maximum Gasteiger partial charge on any atom is 0.417 e. The molecule has 4 N–H and O–H groups in total. The molecule has 35 heavy (non-hydrogen) atoms. The summed E-state index contributed by atoms with van der Waals surface area (Å²) < 4.78 is 68.2. The highest BCUT2D eigenvalue weighted by Gasteiger charge is 2.55. The number of nitrogens with zero attached hydrogens (tertiary/aromatic N) is 3. The van der Waals surface area contributed by atoms with Crippen molar-refractivity contribution in [3.05, 3.63) is 41.1 Å². The van der Waals surface area contributed by atoms with Crippen molar-refractivity contribution in [2.24, 2.45) is 16.6 Å². The maximum atomic E-state index is 14.0. The van der Waals surface area contributed by atoms with Crippen LogP contribution in [0.2, 0.25) is 0 Å². The Balaban J connectivity index is 1.46. The Kier molecular flexibility index (Phi) is 5.74. The number of nitrogens with two attached hydrogens (primary N) is 1. The van der Waals surface area contributed by atoms with Crippen LogP contribution in [0.25, 0.3) is 0 Å². The zero-order valence-electron chi connectivity index (χ0n) is 19.9. The Morgan fingerprint density at radius 2 is 1.86 bits per heavy atom. The number of aliphatic imine (C=N–C) groups is 1. The Bertz CT molecular complexity index is 1200. The van der Waals surface area contributed by atoms with E-state index in [1.807, 2.05) is 31.1 Å². The molecule has 3 heterocycles. The molecule has 0 spiro atoms. The lowest BCUT2D eigenvalue weighted by Crippen LogP contribution is -2.59. The molecule has 8 nitrogen and oxygen atoms in total. The van der Waals surface area contributed by atoms with E-state index in [-0.39, 0.29) is 24.1 Å². The van der Waals surface area contributed by atoms with Crippen LogP contribution in [-0.2, 0) is 10.0 Å². The number of anilines is 1. The number of alkyl halides is 3. The molecule has 1 aliphatic carbocycles. The first kappa shape index (κ1) is 24.5. The van der Waals surface area contributed by atoms with Gasteiger partial charge in [0.1, 0.15) is 5.66 Å². The third-order valence-electron chi connectivity index (χ3n) is 7.87. The molecule has 0 radical (unpaired) electrons. The van der Waals surface area contributed by atoms with Gasteiger partial charge in [0.25, 0.3) is 0 Å². The average molecular weight is 513 g/mol. The van der Waals surface area contributed by atoms with E-state index in [0.29, 0.717) is 12.1 Å². The largest absolute Gasteiger partial charge is 0.417 e. The van der Waals surface area contributed by atoms with E-state index in [1.165, 1.54) is 6.26 Å². The van der Waals surface area contributed by atoms with Crippen molar-refractivity contribution < 1.29 is 21.6 Å². The fraction of sp³-hybridized carbons (Fsp3) is 0.609. The summed E-state index contributed by atoms with van der Waals surface area (Å²) >= 11 is 0. The molecule has 1 aromatic carbocycles. The molecule has 0 amide bonds. The van der Waals surface area contributed by atoms with Crippen molar-refractivity contribution in [3.8, 4) is 0 Å². The zero-order valence-corrected chi connectivity index (χ0v) is 20.7. The monoisotopic (exact) mass is 512 g/mol. The molecule has 4 aliphatic rings. The molecule has 2 bridgehead atoms. The number of rotatable bonds is 4. The lowest BCUT2D eigenvalue weighted by atomic mass is 9.82. The highest BCUT2D eigenvalue weighted by molar-refractivity contribution is 7.88. The number of hydrogen-bond donors (Lipinski definition) is 3. The Hall–Kier alpha value is -2.15. The minimum atomic E-state index is -4.63. The van der Waals surface area contributed by atoms with Gasteiger partial charge in [0, 0.05) is 23.8 Å². The van der Waals surface area contributed by atoms with Crippen molar-refractivity contribution in [2.75, 3.05) is 25.7 Å². The van der Waals surface area contributed by atoms with Gasteiger partial charge in [-0.3, -0.25) is 0 Å². The van der Waals surface area contributed by atoms with Crippen molar-refractivity contribution in [3.63, 3.8) is 0 Å². The first-order valence-corrected chi connectivity index (χ1v) is 13.6. The van der Waals surface area contributed by atoms with E-state index in [4.69, 9.17) is 5.73 Å². The number of benzene rings is 1. The number of halogens is 3. The second-order valence-electron chi connectivity index (χ2n) is 10.2. The molecule has 5 rings (SSSR count). The lowest BCUT2D eigenvalue weighted by molar-refractivity contribution is -0.105. The fourth-order valence-corrected chi connectivity index (χ4v) is 7.84. The summed E-state index contributed by atoms with van der Waals surface area (Å²) in [4.78, 5) is 6.34. The van der Waals surface area contributed by atoms with E-state index < -0.39 is 33.4 Å². The summed E-state index contributed by atoms with van der Waals surface area (Å²) in [7, 11) is 0.344. The van der Waals surface area contributed by atoms with Gasteiger partial charge < -0.3 is 21.3 Å². The van der Waals surface area contributed by atoms with Crippen LogP contribution in [0.3, 0.4) is 0 Å². The first-order valence-electron chi connectivity index (χ1n) is 11.8. The van der Waals surface area contributed by atoms with Gasteiger partial charge in [-0.25, -0.2) is 13.4 Å². The Morgan fingerprint density at radius 1 is 1.17 bits per heavy atom. The highest BCUT2D eigenvalue weighted by atomic mass is 32.2. The predicted molar refractivity (Wildman–Crippen MR) is 128 cm³/mol. The van der Waals surface area contributed by atoms with Crippen molar-refractivity contribution in [1.29, 1.82) is 0 Å². The van der Waals surface area contributed by atoms with Crippen LogP contribution in [0.5, 0.6) is 0 Å². The summed E-state index contributed by atoms with van der Waals surface area (Å²) in [5.41, 5.74) is 6.20. The van der Waals surface area contributed by atoms with Crippen LogP contribution in [-0.4, -0.2) is 61.8 Å². The van der Waals surface area contributed by atoms with Crippen LogP contribution < -0.4 is 16.4 Å². The summed E-state index contributed by atoms with van der Waals surface area (Å²) in [5.74, 6) is -0.365. The standard InChI is InChI=1S/C23H31F3N6O2S/c1-31(2)19-6-4-5-16(19)22(27)20(23(24,25)26)12-28-21(30-22)29-13-7-8-14-15(11-13)18-10-9-17(14)32(18)35(3,33)34/h7-8,11-12,16-19H,4-6,9-10,27H2,1-3H3,(H2,28,29,30)/t16-,17?,18?,19-,22?/m1/s1. The average Bonchev–Trinajstić information content (AvgIpc) is 3.46. The molecule has 1 saturated carbocycles. The van der Waals surface area contributed by atoms with Crippen molar-refractivity contribution in [1.82, 2.24) is 14.5 Å². The van der Waals surface area contributed by atoms with Gasteiger partial charge in [0.2, 0.25) is 16.0 Å². The number of sulfonamides is 1. The first-order chi connectivity index (χ1) is 16.3. The van der Waals surface area contributed by atoms with Crippen LogP contribution in [0.1, 0.15) is 55.3 Å². The predicted octanol–water partition coefficient (Wildman–Crippen LogP) is 3.04. The maximum absolute atomic E-state index is 14.0. The molecule has 5 atom stereocenters. The number of nitrogens with one attached hydrogen (secondary N) is 2. The number of hydrogen-bond acceptors (Lipinski definition) is 7. The SMILES string of the molecule is CN(C)[C@@H]1CCC[C@H]1C1(N)N=C(Nc2ccc3c(c2)C2CCC3N2S(C)(=O)=O)NC=C1C(F)(F)F. The van der Waals surface area contributed by atoms with E-state index in [1.54, 1.807) is 10.4 Å². The van der Waals surface area contributed by atoms with E-state index in [2.05, 4.69) is 15.6 Å². The summed E-state index contributed by atoms with van der Waals surface area (Å²) in [6, 6.07) is 5.03. The van der Waals surface area contributed by atoms with Crippen LogP contribution in [0.15, 0.2) is 35.0 Å². The normalized spacial score (nSPS) is 32.9. The molecular weight excluding hydrogens is 481 g/mol. The molecule has 12 heteroatoms. The summed E-state index contributed by atoms with van der Waals surface area (Å²) in [6.07, 6.45) is 1.13. The van der Waals surface area contributed by atoms with E-state index in [0.717, 1.165) is 43.0 Å². The zero-order chi connectivity index (χ0) is 25.3. The molecule has 1 saturated heterocycles. The second kappa shape index (κ2) is 8.19. The van der Waals surface area contributed by atoms with Crippen molar-refractivity contribution >= 4 is 21.7 Å². The smallest absolute Gasteiger partial charge is 0.332 e. The Labute approximate surface area is 203 Å².